The molecule has 2 aromatic heterocycles. The first kappa shape index (κ1) is 16.5. The van der Waals surface area contributed by atoms with Gasteiger partial charge in [-0.1, -0.05) is 13.0 Å². The summed E-state index contributed by atoms with van der Waals surface area (Å²) in [4.78, 5) is 4.73. The van der Waals surface area contributed by atoms with E-state index in [-0.39, 0.29) is 17.8 Å². The van der Waals surface area contributed by atoms with Crippen molar-refractivity contribution in [1.82, 2.24) is 20.0 Å². The molecule has 0 saturated carbocycles. The Labute approximate surface area is 151 Å². The Morgan fingerprint density at radius 1 is 1.38 bits per heavy atom. The second-order valence-corrected chi connectivity index (χ2v) is 6.49. The number of fused-ring (bicyclic) bond motifs is 1. The lowest BCUT2D eigenvalue weighted by Gasteiger charge is -2.18. The van der Waals surface area contributed by atoms with E-state index in [9.17, 15) is 4.39 Å². The fraction of sp³-hybridized carbons (Fsp3) is 0.316. The van der Waals surface area contributed by atoms with E-state index in [1.165, 1.54) is 6.07 Å². The maximum absolute atomic E-state index is 13.7. The molecular weight excluding hydrogens is 331 g/mol. The number of hydrogen-bond donors (Lipinski definition) is 2. The summed E-state index contributed by atoms with van der Waals surface area (Å²) in [5, 5.41) is 11.8. The van der Waals surface area contributed by atoms with Crippen molar-refractivity contribution in [3.05, 3.63) is 59.2 Å². The fourth-order valence-electron chi connectivity index (χ4n) is 3.36. The Morgan fingerprint density at radius 2 is 2.27 bits per heavy atom. The molecule has 7 heteroatoms. The maximum Gasteiger partial charge on any atom is 0.161 e. The van der Waals surface area contributed by atoms with Crippen molar-refractivity contribution in [2.75, 3.05) is 11.9 Å². The van der Waals surface area contributed by atoms with Crippen LogP contribution in [0.15, 0.2) is 41.8 Å². The molecule has 2 unspecified atom stereocenters. The van der Waals surface area contributed by atoms with Gasteiger partial charge in [0.25, 0.3) is 0 Å². The van der Waals surface area contributed by atoms with Crippen molar-refractivity contribution in [3.63, 3.8) is 0 Å². The zero-order valence-electron chi connectivity index (χ0n) is 14.8. The highest BCUT2D eigenvalue weighted by Crippen LogP contribution is 2.25. The van der Waals surface area contributed by atoms with Gasteiger partial charge in [0, 0.05) is 30.4 Å². The highest BCUT2D eigenvalue weighted by Gasteiger charge is 2.19. The van der Waals surface area contributed by atoms with Gasteiger partial charge in [0.2, 0.25) is 0 Å². The quantitative estimate of drug-likeness (QED) is 0.740. The van der Waals surface area contributed by atoms with Gasteiger partial charge < -0.3 is 10.7 Å². The Balaban J connectivity index is 1.64. The van der Waals surface area contributed by atoms with Crippen LogP contribution in [0.1, 0.15) is 42.5 Å². The number of hydrazone groups is 1. The van der Waals surface area contributed by atoms with Crippen LogP contribution in [0.2, 0.25) is 0 Å². The number of nitrogens with zero attached hydrogens (tertiary/aromatic N) is 4. The molecule has 6 nitrogen and oxygen atoms in total. The summed E-state index contributed by atoms with van der Waals surface area (Å²) in [7, 11) is 0. The Kier molecular flexibility index (Phi) is 4.28. The summed E-state index contributed by atoms with van der Waals surface area (Å²) in [6.07, 6.45) is 6.45. The first-order valence-electron chi connectivity index (χ1n) is 8.81. The molecule has 0 fully saturated rings. The van der Waals surface area contributed by atoms with E-state index in [1.807, 2.05) is 37.7 Å². The van der Waals surface area contributed by atoms with Crippen molar-refractivity contribution in [2.45, 2.75) is 32.2 Å². The van der Waals surface area contributed by atoms with Gasteiger partial charge in [0.15, 0.2) is 5.65 Å². The molecular formula is C19H21FN6. The third kappa shape index (κ3) is 3.00. The number of nitrogens with one attached hydrogen (secondary N) is 2. The standard InChI is InChI=1S/C19H21FN6/c1-3-13-4-5-15(20)8-16(13)12(2)24-18-6-7-26-19(25-18)17(11-23-26)14-9-21-22-10-14/h4-9,11-12,14,22H,3,10H2,1-2H3,(H,24,25). The minimum Gasteiger partial charge on any atom is -0.363 e. The van der Waals surface area contributed by atoms with Crippen molar-refractivity contribution < 1.29 is 4.39 Å². The third-order valence-corrected chi connectivity index (χ3v) is 4.77. The van der Waals surface area contributed by atoms with Gasteiger partial charge in [-0.3, -0.25) is 0 Å². The van der Waals surface area contributed by atoms with Gasteiger partial charge >= 0.3 is 0 Å². The van der Waals surface area contributed by atoms with E-state index in [1.54, 1.807) is 10.6 Å². The molecule has 3 heterocycles. The highest BCUT2D eigenvalue weighted by atomic mass is 19.1. The average Bonchev–Trinajstić information content (AvgIpc) is 3.30. The first-order valence-corrected chi connectivity index (χ1v) is 8.81. The van der Waals surface area contributed by atoms with E-state index in [2.05, 4.69) is 27.9 Å². The van der Waals surface area contributed by atoms with Gasteiger partial charge in [-0.25, -0.2) is 13.9 Å². The van der Waals surface area contributed by atoms with Crippen LogP contribution in [-0.2, 0) is 6.42 Å². The normalized spacial score (nSPS) is 17.4. The molecule has 0 radical (unpaired) electrons. The molecule has 1 aliphatic heterocycles. The predicted octanol–water partition coefficient (Wildman–Crippen LogP) is 3.28. The maximum atomic E-state index is 13.7. The van der Waals surface area contributed by atoms with E-state index in [0.29, 0.717) is 0 Å². The molecule has 0 amide bonds. The highest BCUT2D eigenvalue weighted by molar-refractivity contribution is 5.73. The number of halogens is 1. The van der Waals surface area contributed by atoms with E-state index < -0.39 is 0 Å². The third-order valence-electron chi connectivity index (χ3n) is 4.77. The monoisotopic (exact) mass is 352 g/mol. The Hall–Kier alpha value is -2.96. The molecule has 2 atom stereocenters. The summed E-state index contributed by atoms with van der Waals surface area (Å²) in [5.74, 6) is 0.684. The van der Waals surface area contributed by atoms with Crippen LogP contribution in [0.4, 0.5) is 10.2 Å². The zero-order valence-corrected chi connectivity index (χ0v) is 14.8. The van der Waals surface area contributed by atoms with Crippen molar-refractivity contribution >= 4 is 17.7 Å². The molecule has 0 saturated heterocycles. The largest absolute Gasteiger partial charge is 0.363 e. The van der Waals surface area contributed by atoms with Crippen LogP contribution >= 0.6 is 0 Å². The van der Waals surface area contributed by atoms with Crippen LogP contribution in [0.3, 0.4) is 0 Å². The number of aryl methyl sites for hydroxylation is 1. The van der Waals surface area contributed by atoms with Crippen molar-refractivity contribution in [1.29, 1.82) is 0 Å². The molecule has 0 spiro atoms. The lowest BCUT2D eigenvalue weighted by Crippen LogP contribution is -2.12. The van der Waals surface area contributed by atoms with Crippen LogP contribution in [0.25, 0.3) is 5.65 Å². The zero-order chi connectivity index (χ0) is 18.1. The van der Waals surface area contributed by atoms with Crippen LogP contribution in [0, 0.1) is 5.82 Å². The molecule has 0 aliphatic carbocycles. The SMILES string of the molecule is CCc1ccc(F)cc1C(C)Nc1ccn2ncc(C3C=NNC3)c2n1. The van der Waals surface area contributed by atoms with E-state index in [4.69, 9.17) is 4.98 Å². The molecule has 0 bridgehead atoms. The second kappa shape index (κ2) is 6.74. The van der Waals surface area contributed by atoms with Gasteiger partial charge in [-0.05, 0) is 42.7 Å². The van der Waals surface area contributed by atoms with Gasteiger partial charge in [0.05, 0.1) is 12.2 Å². The van der Waals surface area contributed by atoms with Gasteiger partial charge in [-0.2, -0.15) is 10.2 Å². The molecule has 1 aromatic carbocycles. The predicted molar refractivity (Wildman–Crippen MR) is 100 cm³/mol. The number of rotatable bonds is 5. The molecule has 26 heavy (non-hydrogen) atoms. The number of aromatic nitrogens is 3. The molecule has 2 N–H and O–H groups in total. The Morgan fingerprint density at radius 3 is 3.04 bits per heavy atom. The molecule has 1 aliphatic rings. The van der Waals surface area contributed by atoms with Gasteiger partial charge in [0.1, 0.15) is 11.6 Å². The van der Waals surface area contributed by atoms with Gasteiger partial charge in [-0.15, -0.1) is 0 Å². The smallest absolute Gasteiger partial charge is 0.161 e. The van der Waals surface area contributed by atoms with Crippen molar-refractivity contribution in [2.24, 2.45) is 5.10 Å². The van der Waals surface area contributed by atoms with Crippen LogP contribution in [-0.4, -0.2) is 27.4 Å². The molecule has 134 valence electrons. The summed E-state index contributed by atoms with van der Waals surface area (Å²) >= 11 is 0. The molecule has 4 rings (SSSR count). The lowest BCUT2D eigenvalue weighted by atomic mass is 9.99. The Bertz CT molecular complexity index is 964. The summed E-state index contributed by atoms with van der Waals surface area (Å²) in [6, 6.07) is 6.78. The topological polar surface area (TPSA) is 66.6 Å². The van der Waals surface area contributed by atoms with E-state index in [0.717, 1.165) is 41.1 Å². The second-order valence-electron chi connectivity index (χ2n) is 6.49. The minimum absolute atomic E-state index is 0.0586. The van der Waals surface area contributed by atoms with Crippen molar-refractivity contribution in [3.8, 4) is 0 Å². The average molecular weight is 352 g/mol. The number of benzene rings is 1. The fourth-order valence-corrected chi connectivity index (χ4v) is 3.36. The summed E-state index contributed by atoms with van der Waals surface area (Å²) in [6.45, 7) is 4.84. The molecule has 3 aromatic rings. The van der Waals surface area contributed by atoms with E-state index >= 15 is 0 Å². The number of anilines is 1. The lowest BCUT2D eigenvalue weighted by molar-refractivity contribution is 0.622. The summed E-state index contributed by atoms with van der Waals surface area (Å²) < 4.78 is 15.5. The number of hydrogen-bond acceptors (Lipinski definition) is 5. The van der Waals surface area contributed by atoms with Crippen LogP contribution < -0.4 is 10.7 Å². The first-order chi connectivity index (χ1) is 12.7. The summed E-state index contributed by atoms with van der Waals surface area (Å²) in [5.41, 5.74) is 6.89. The minimum atomic E-state index is -0.222. The van der Waals surface area contributed by atoms with Crippen LogP contribution in [0.5, 0.6) is 0 Å².